The zero-order chi connectivity index (χ0) is 23.5. The summed E-state index contributed by atoms with van der Waals surface area (Å²) in [4.78, 5) is 14.5. The third-order valence-electron chi connectivity index (χ3n) is 4.94. The number of alkyl halides is 2. The Morgan fingerprint density at radius 1 is 1.22 bits per heavy atom. The van der Waals surface area contributed by atoms with E-state index in [0.717, 1.165) is 18.8 Å². The van der Waals surface area contributed by atoms with Crippen LogP contribution in [-0.2, 0) is 21.4 Å². The lowest BCUT2D eigenvalue weighted by molar-refractivity contribution is 0.0337. The summed E-state index contributed by atoms with van der Waals surface area (Å²) in [5.41, 5.74) is 1.66. The maximum absolute atomic E-state index is 14.6. The molecule has 3 rings (SSSR count). The van der Waals surface area contributed by atoms with E-state index < -0.39 is 10.4 Å². The lowest BCUT2D eigenvalue weighted by atomic mass is 9.92. The first-order valence-electron chi connectivity index (χ1n) is 10.4. The zero-order valence-electron chi connectivity index (χ0n) is 18.8. The highest BCUT2D eigenvalue weighted by Gasteiger charge is 2.24. The molecule has 1 aromatic carbocycles. The van der Waals surface area contributed by atoms with E-state index in [2.05, 4.69) is 15.3 Å². The highest BCUT2D eigenvalue weighted by molar-refractivity contribution is 6.48. The molecule has 2 aromatic rings. The van der Waals surface area contributed by atoms with E-state index >= 15 is 0 Å². The van der Waals surface area contributed by atoms with Gasteiger partial charge in [0.1, 0.15) is 22.6 Å². The summed E-state index contributed by atoms with van der Waals surface area (Å²) in [6.07, 6.45) is -0.713. The van der Waals surface area contributed by atoms with Gasteiger partial charge in [0.15, 0.2) is 0 Å². The highest BCUT2D eigenvalue weighted by Crippen LogP contribution is 2.28. The van der Waals surface area contributed by atoms with Crippen LogP contribution in [0.25, 0.3) is 5.69 Å². The first kappa shape index (κ1) is 24.8. The summed E-state index contributed by atoms with van der Waals surface area (Å²) in [7, 11) is 0. The van der Waals surface area contributed by atoms with Gasteiger partial charge in [0.2, 0.25) is 0 Å². The van der Waals surface area contributed by atoms with Crippen LogP contribution >= 0.6 is 23.2 Å². The fourth-order valence-electron chi connectivity index (χ4n) is 3.18. The molecule has 32 heavy (non-hydrogen) atoms. The fraction of sp³-hybridized carbons (Fsp3) is 0.545. The Hall–Kier alpha value is -1.87. The quantitative estimate of drug-likeness (QED) is 0.589. The average Bonchev–Trinajstić information content (AvgIpc) is 3.13. The molecule has 0 radical (unpaired) electrons. The maximum atomic E-state index is 14.6. The molecule has 10 heteroatoms. The third-order valence-corrected chi connectivity index (χ3v) is 5.15. The van der Waals surface area contributed by atoms with E-state index in [1.165, 1.54) is 13.0 Å². The Kier molecular flexibility index (Phi) is 7.70. The molecule has 1 aromatic heterocycles. The molecule has 1 fully saturated rings. The zero-order valence-corrected chi connectivity index (χ0v) is 20.3. The molecule has 0 unspecified atom stereocenters. The van der Waals surface area contributed by atoms with Gasteiger partial charge in [-0.25, -0.2) is 13.9 Å². The van der Waals surface area contributed by atoms with Gasteiger partial charge in [0.25, 0.3) is 0 Å². The van der Waals surface area contributed by atoms with Gasteiger partial charge >= 0.3 is 6.09 Å². The first-order chi connectivity index (χ1) is 14.9. The molecule has 0 saturated carbocycles. The second kappa shape index (κ2) is 9.95. The Morgan fingerprint density at radius 3 is 2.53 bits per heavy atom. The molecule has 1 amide bonds. The molecule has 0 aliphatic carbocycles. The van der Waals surface area contributed by atoms with Crippen molar-refractivity contribution < 1.29 is 18.7 Å². The summed E-state index contributed by atoms with van der Waals surface area (Å²) < 4.78 is 25.4. The summed E-state index contributed by atoms with van der Waals surface area (Å²) >= 11 is 11.8. The second-order valence-electron chi connectivity index (χ2n) is 9.01. The van der Waals surface area contributed by atoms with Gasteiger partial charge in [0.05, 0.1) is 24.6 Å². The van der Waals surface area contributed by atoms with Crippen LogP contribution in [0.2, 0.25) is 0 Å². The normalized spacial score (nSPS) is 15.6. The third kappa shape index (κ3) is 6.81. The average molecular weight is 487 g/mol. The van der Waals surface area contributed by atoms with Gasteiger partial charge < -0.3 is 9.47 Å². The number of aromatic nitrogens is 2. The lowest BCUT2D eigenvalue weighted by Gasteiger charge is -2.26. The number of carbonyl (C=O) groups is 1. The van der Waals surface area contributed by atoms with E-state index in [-0.39, 0.29) is 17.8 Å². The van der Waals surface area contributed by atoms with E-state index in [1.54, 1.807) is 22.9 Å². The Bertz CT molecular complexity index is 948. The van der Waals surface area contributed by atoms with Gasteiger partial charge in [-0.15, -0.1) is 0 Å². The molecule has 1 aliphatic heterocycles. The van der Waals surface area contributed by atoms with Crippen molar-refractivity contribution in [3.63, 3.8) is 0 Å². The molecule has 1 aliphatic rings. The predicted octanol–water partition coefficient (Wildman–Crippen LogP) is 4.88. The summed E-state index contributed by atoms with van der Waals surface area (Å²) in [5.74, 6) is 0.107. The predicted molar refractivity (Wildman–Crippen MR) is 123 cm³/mol. The summed E-state index contributed by atoms with van der Waals surface area (Å²) in [6, 6.07) is 6.56. The minimum atomic E-state index is -1.19. The largest absolute Gasteiger partial charge is 0.446 e. The number of morpholine rings is 1. The number of hydrogen-bond donors (Lipinski definition) is 1. The monoisotopic (exact) mass is 486 g/mol. The number of amides is 1. The van der Waals surface area contributed by atoms with Crippen molar-refractivity contribution in [3.05, 3.63) is 41.3 Å². The first-order valence-corrected chi connectivity index (χ1v) is 11.2. The van der Waals surface area contributed by atoms with Crippen molar-refractivity contribution in [1.29, 1.82) is 0 Å². The standard InChI is InChI=1S/C22H29Cl2FN4O3/c1-21(2,3)18-12-19(26-20(30)32-14-22(4,23)24)29(27-18)16-5-6-17(25)15(11-16)13-28-7-9-31-10-8-28/h5-6,11-12H,7-10,13-14H2,1-4H3,(H,26,30). The molecular formula is C22H29Cl2FN4O3. The maximum Gasteiger partial charge on any atom is 0.412 e. The molecule has 0 bridgehead atoms. The molecule has 0 spiro atoms. The highest BCUT2D eigenvalue weighted by atomic mass is 35.5. The van der Waals surface area contributed by atoms with Gasteiger partial charge in [-0.1, -0.05) is 44.0 Å². The molecule has 0 atom stereocenters. The van der Waals surface area contributed by atoms with Crippen molar-refractivity contribution in [2.75, 3.05) is 38.2 Å². The van der Waals surface area contributed by atoms with E-state index in [9.17, 15) is 9.18 Å². The minimum absolute atomic E-state index is 0.178. The van der Waals surface area contributed by atoms with E-state index in [1.807, 2.05) is 20.8 Å². The number of nitrogens with one attached hydrogen (secondary N) is 1. The van der Waals surface area contributed by atoms with Crippen molar-refractivity contribution >= 4 is 35.1 Å². The van der Waals surface area contributed by atoms with Gasteiger partial charge in [-0.05, 0) is 25.1 Å². The number of ether oxygens (including phenoxy) is 2. The molecule has 1 N–H and O–H groups in total. The smallest absolute Gasteiger partial charge is 0.412 e. The van der Waals surface area contributed by atoms with Crippen molar-refractivity contribution in [2.24, 2.45) is 0 Å². The van der Waals surface area contributed by atoms with Crippen LogP contribution < -0.4 is 5.32 Å². The van der Waals surface area contributed by atoms with Crippen LogP contribution in [0.5, 0.6) is 0 Å². The number of hydrogen-bond acceptors (Lipinski definition) is 5. The second-order valence-corrected chi connectivity index (χ2v) is 10.9. The Labute approximate surface area is 197 Å². The number of nitrogens with zero attached hydrogens (tertiary/aromatic N) is 3. The Balaban J connectivity index is 1.89. The van der Waals surface area contributed by atoms with Crippen molar-refractivity contribution in [2.45, 2.75) is 44.0 Å². The van der Waals surface area contributed by atoms with Gasteiger partial charge in [-0.3, -0.25) is 10.2 Å². The molecular weight excluding hydrogens is 458 g/mol. The van der Waals surface area contributed by atoms with Crippen molar-refractivity contribution in [3.8, 4) is 5.69 Å². The van der Waals surface area contributed by atoms with E-state index in [0.29, 0.717) is 36.8 Å². The van der Waals surface area contributed by atoms with Gasteiger partial charge in [-0.2, -0.15) is 5.10 Å². The van der Waals surface area contributed by atoms with Crippen LogP contribution in [0.1, 0.15) is 39.0 Å². The summed E-state index contributed by atoms with van der Waals surface area (Å²) in [5, 5.41) is 7.36. The molecule has 1 saturated heterocycles. The lowest BCUT2D eigenvalue weighted by Crippen LogP contribution is -2.35. The van der Waals surface area contributed by atoms with Crippen LogP contribution in [0.4, 0.5) is 15.0 Å². The number of carbonyl (C=O) groups excluding carboxylic acids is 1. The number of benzene rings is 1. The number of halogens is 3. The fourth-order valence-corrected chi connectivity index (χ4v) is 3.29. The van der Waals surface area contributed by atoms with Crippen LogP contribution in [0.3, 0.4) is 0 Å². The van der Waals surface area contributed by atoms with Crippen LogP contribution in [-0.4, -0.2) is 58.0 Å². The van der Waals surface area contributed by atoms with Gasteiger partial charge in [0, 0.05) is 36.7 Å². The van der Waals surface area contributed by atoms with Crippen LogP contribution in [0, 0.1) is 5.82 Å². The molecule has 2 heterocycles. The van der Waals surface area contributed by atoms with E-state index in [4.69, 9.17) is 32.7 Å². The topological polar surface area (TPSA) is 68.6 Å². The minimum Gasteiger partial charge on any atom is -0.446 e. The molecule has 7 nitrogen and oxygen atoms in total. The number of rotatable bonds is 6. The SMILES string of the molecule is CC(Cl)(Cl)COC(=O)Nc1cc(C(C)(C)C)nn1-c1ccc(F)c(CN2CCOCC2)c1. The molecule has 176 valence electrons. The Morgan fingerprint density at radius 2 is 1.91 bits per heavy atom. The number of anilines is 1. The summed E-state index contributed by atoms with van der Waals surface area (Å²) in [6.45, 7) is 10.6. The van der Waals surface area contributed by atoms with Crippen molar-refractivity contribution in [1.82, 2.24) is 14.7 Å². The van der Waals surface area contributed by atoms with Crippen LogP contribution in [0.15, 0.2) is 24.3 Å².